The third-order valence-electron chi connectivity index (χ3n) is 5.65. The zero-order valence-electron chi connectivity index (χ0n) is 15.7. The Bertz CT molecular complexity index is 848. The van der Waals surface area contributed by atoms with Crippen molar-refractivity contribution in [2.45, 2.75) is 44.7 Å². The van der Waals surface area contributed by atoms with Crippen molar-refractivity contribution in [1.29, 1.82) is 0 Å². The van der Waals surface area contributed by atoms with Crippen molar-refractivity contribution in [2.24, 2.45) is 11.8 Å². The van der Waals surface area contributed by atoms with Gasteiger partial charge in [-0.25, -0.2) is 0 Å². The molecule has 0 bridgehead atoms. The molecule has 1 saturated heterocycles. The molecule has 1 aliphatic heterocycles. The van der Waals surface area contributed by atoms with Crippen LogP contribution in [0.4, 0.5) is 5.69 Å². The van der Waals surface area contributed by atoms with Gasteiger partial charge >= 0.3 is 0 Å². The Hall–Kier alpha value is -2.96. The molecular formula is C21H23N3O4. The van der Waals surface area contributed by atoms with E-state index in [9.17, 15) is 19.2 Å². The number of likely N-dealkylation sites (tertiary alicyclic amines) is 1. The molecular weight excluding hydrogens is 358 g/mol. The minimum Gasteiger partial charge on any atom is -0.349 e. The molecule has 0 unspecified atom stereocenters. The molecule has 0 aromatic heterocycles. The van der Waals surface area contributed by atoms with Crippen LogP contribution in [-0.2, 0) is 14.4 Å². The number of amides is 4. The minimum absolute atomic E-state index is 0.201. The molecule has 4 amide bonds. The SMILES string of the molecule is C[C@H](C(=O)Nc1ccccc1C(=O)NC1CC1)N1C(=O)[C@@H]2CC=CC[C@H]2C1=O. The number of para-hydroxylation sites is 1. The normalized spacial score (nSPS) is 24.7. The fourth-order valence-corrected chi connectivity index (χ4v) is 3.84. The van der Waals surface area contributed by atoms with Gasteiger partial charge in [0.05, 0.1) is 23.1 Å². The minimum atomic E-state index is -0.940. The summed E-state index contributed by atoms with van der Waals surface area (Å²) in [5.41, 5.74) is 0.738. The van der Waals surface area contributed by atoms with E-state index in [-0.39, 0.29) is 35.6 Å². The first-order valence-corrected chi connectivity index (χ1v) is 9.70. The van der Waals surface area contributed by atoms with Gasteiger partial charge in [-0.05, 0) is 44.7 Å². The summed E-state index contributed by atoms with van der Waals surface area (Å²) in [6, 6.07) is 6.00. The Labute approximate surface area is 163 Å². The monoisotopic (exact) mass is 381 g/mol. The second kappa shape index (κ2) is 7.22. The van der Waals surface area contributed by atoms with Crippen molar-refractivity contribution in [3.63, 3.8) is 0 Å². The highest BCUT2D eigenvalue weighted by Crippen LogP contribution is 2.36. The third kappa shape index (κ3) is 3.32. The van der Waals surface area contributed by atoms with E-state index in [1.165, 1.54) is 0 Å². The van der Waals surface area contributed by atoms with Crippen molar-refractivity contribution in [2.75, 3.05) is 5.32 Å². The Morgan fingerprint density at radius 1 is 1.04 bits per heavy atom. The fourth-order valence-electron chi connectivity index (χ4n) is 3.84. The third-order valence-corrected chi connectivity index (χ3v) is 5.65. The smallest absolute Gasteiger partial charge is 0.253 e. The number of hydrogen-bond acceptors (Lipinski definition) is 4. The van der Waals surface area contributed by atoms with Gasteiger partial charge < -0.3 is 10.6 Å². The molecule has 0 spiro atoms. The van der Waals surface area contributed by atoms with Crippen molar-refractivity contribution >= 4 is 29.3 Å². The lowest BCUT2D eigenvalue weighted by Gasteiger charge is -2.23. The van der Waals surface area contributed by atoms with Crippen LogP contribution < -0.4 is 10.6 Å². The Morgan fingerprint density at radius 2 is 1.64 bits per heavy atom. The number of carbonyl (C=O) groups is 4. The van der Waals surface area contributed by atoms with E-state index in [1.54, 1.807) is 31.2 Å². The van der Waals surface area contributed by atoms with Gasteiger partial charge in [-0.15, -0.1) is 0 Å². The maximum atomic E-state index is 12.8. The van der Waals surface area contributed by atoms with E-state index in [0.717, 1.165) is 17.7 Å². The van der Waals surface area contributed by atoms with Gasteiger partial charge in [0.15, 0.2) is 0 Å². The summed E-state index contributed by atoms with van der Waals surface area (Å²) in [4.78, 5) is 51.7. The highest BCUT2D eigenvalue weighted by Gasteiger charge is 2.50. The number of imide groups is 1. The molecule has 7 heteroatoms. The topological polar surface area (TPSA) is 95.6 Å². The van der Waals surface area contributed by atoms with E-state index in [4.69, 9.17) is 0 Å². The molecule has 146 valence electrons. The molecule has 3 aliphatic rings. The van der Waals surface area contributed by atoms with Crippen molar-refractivity contribution in [1.82, 2.24) is 10.2 Å². The maximum Gasteiger partial charge on any atom is 0.253 e. The molecule has 1 aromatic carbocycles. The first kappa shape index (κ1) is 18.4. The summed E-state index contributed by atoms with van der Waals surface area (Å²) in [6.45, 7) is 1.54. The Morgan fingerprint density at radius 3 is 2.25 bits per heavy atom. The predicted molar refractivity (Wildman–Crippen MR) is 102 cm³/mol. The molecule has 1 saturated carbocycles. The largest absolute Gasteiger partial charge is 0.349 e. The molecule has 1 heterocycles. The van der Waals surface area contributed by atoms with Gasteiger partial charge in [-0.1, -0.05) is 24.3 Å². The summed E-state index contributed by atoms with van der Waals surface area (Å²) < 4.78 is 0. The number of nitrogens with zero attached hydrogens (tertiary/aromatic N) is 1. The molecule has 1 aromatic rings. The van der Waals surface area contributed by atoms with Crippen LogP contribution in [0.3, 0.4) is 0 Å². The maximum absolute atomic E-state index is 12.8. The molecule has 2 N–H and O–H groups in total. The zero-order chi connectivity index (χ0) is 19.8. The lowest BCUT2D eigenvalue weighted by atomic mass is 9.85. The number of hydrogen-bond donors (Lipinski definition) is 2. The fraction of sp³-hybridized carbons (Fsp3) is 0.429. The van der Waals surface area contributed by atoms with Crippen LogP contribution in [-0.4, -0.2) is 40.6 Å². The van der Waals surface area contributed by atoms with Crippen LogP contribution in [0.25, 0.3) is 0 Å². The highest BCUT2D eigenvalue weighted by molar-refractivity contribution is 6.11. The second-order valence-corrected chi connectivity index (χ2v) is 7.66. The summed E-state index contributed by atoms with van der Waals surface area (Å²) in [5, 5.41) is 5.62. The summed E-state index contributed by atoms with van der Waals surface area (Å²) in [5.74, 6) is -2.05. The number of nitrogens with one attached hydrogen (secondary N) is 2. The van der Waals surface area contributed by atoms with E-state index in [1.807, 2.05) is 12.2 Å². The number of rotatable bonds is 5. The van der Waals surface area contributed by atoms with E-state index >= 15 is 0 Å². The number of anilines is 1. The lowest BCUT2D eigenvalue weighted by Crippen LogP contribution is -2.46. The van der Waals surface area contributed by atoms with E-state index in [0.29, 0.717) is 24.1 Å². The number of benzene rings is 1. The lowest BCUT2D eigenvalue weighted by molar-refractivity contribution is -0.146. The van der Waals surface area contributed by atoms with Crippen LogP contribution in [0.2, 0.25) is 0 Å². The summed E-state index contributed by atoms with van der Waals surface area (Å²) in [6.07, 6.45) is 6.82. The van der Waals surface area contributed by atoms with Gasteiger partial charge in [-0.2, -0.15) is 0 Å². The predicted octanol–water partition coefficient (Wildman–Crippen LogP) is 1.86. The summed E-state index contributed by atoms with van der Waals surface area (Å²) in [7, 11) is 0. The summed E-state index contributed by atoms with van der Waals surface area (Å²) >= 11 is 0. The number of allylic oxidation sites excluding steroid dienone is 2. The molecule has 4 rings (SSSR count). The molecule has 28 heavy (non-hydrogen) atoms. The quantitative estimate of drug-likeness (QED) is 0.601. The first-order valence-electron chi connectivity index (χ1n) is 9.70. The first-order chi connectivity index (χ1) is 13.5. The number of fused-ring (bicyclic) bond motifs is 1. The van der Waals surface area contributed by atoms with Crippen LogP contribution in [0, 0.1) is 11.8 Å². The van der Waals surface area contributed by atoms with Crippen LogP contribution in [0.5, 0.6) is 0 Å². The van der Waals surface area contributed by atoms with Gasteiger partial charge in [0.2, 0.25) is 17.7 Å². The molecule has 2 aliphatic carbocycles. The Kier molecular flexibility index (Phi) is 4.75. The average Bonchev–Trinajstić information content (AvgIpc) is 3.47. The number of carbonyl (C=O) groups excluding carboxylic acids is 4. The van der Waals surface area contributed by atoms with E-state index in [2.05, 4.69) is 10.6 Å². The molecule has 7 nitrogen and oxygen atoms in total. The zero-order valence-corrected chi connectivity index (χ0v) is 15.7. The van der Waals surface area contributed by atoms with Crippen molar-refractivity contribution in [3.05, 3.63) is 42.0 Å². The van der Waals surface area contributed by atoms with Gasteiger partial charge in [0.25, 0.3) is 5.91 Å². The Balaban J connectivity index is 1.49. The van der Waals surface area contributed by atoms with E-state index < -0.39 is 11.9 Å². The average molecular weight is 381 g/mol. The van der Waals surface area contributed by atoms with Gasteiger partial charge in [0, 0.05) is 6.04 Å². The van der Waals surface area contributed by atoms with Gasteiger partial charge in [0.1, 0.15) is 6.04 Å². The standard InChI is InChI=1S/C21H23N3O4/c1-12(24-20(27)14-6-2-3-7-15(14)21(24)28)18(25)23-17-9-5-4-8-16(17)19(26)22-13-10-11-13/h2-5,8-9,12-15H,6-7,10-11H2,1H3,(H,22,26)(H,23,25)/t12-,14-,15-/m1/s1. The van der Waals surface area contributed by atoms with Gasteiger partial charge in [-0.3, -0.25) is 24.1 Å². The van der Waals surface area contributed by atoms with Crippen LogP contribution in [0.1, 0.15) is 43.0 Å². The molecule has 2 fully saturated rings. The van der Waals surface area contributed by atoms with Crippen molar-refractivity contribution in [3.8, 4) is 0 Å². The molecule has 3 atom stereocenters. The molecule has 0 radical (unpaired) electrons. The van der Waals surface area contributed by atoms with Crippen molar-refractivity contribution < 1.29 is 19.2 Å². The van der Waals surface area contributed by atoms with Crippen LogP contribution in [0.15, 0.2) is 36.4 Å². The second-order valence-electron chi connectivity index (χ2n) is 7.66. The van der Waals surface area contributed by atoms with Crippen LogP contribution >= 0.6 is 0 Å². The highest BCUT2D eigenvalue weighted by atomic mass is 16.2.